The van der Waals surface area contributed by atoms with E-state index in [0.29, 0.717) is 6.04 Å². The molecule has 0 rings (SSSR count). The molecule has 0 fully saturated rings. The maximum atomic E-state index is 3.35. The molecule has 1 N–H and O–H groups in total. The first kappa shape index (κ1) is 9.52. The standard InChI is InChI=1S/C9H17N/c1-4-7-8-10-9(5-2)6-3/h9-10H,5-6,8H2,1-3H3. The van der Waals surface area contributed by atoms with Crippen LogP contribution in [0.4, 0.5) is 0 Å². The molecule has 0 amide bonds. The summed E-state index contributed by atoms with van der Waals surface area (Å²) in [5, 5.41) is 3.35. The molecule has 1 heteroatoms. The zero-order valence-electron chi connectivity index (χ0n) is 7.20. The summed E-state index contributed by atoms with van der Waals surface area (Å²) in [5.41, 5.74) is 0. The van der Waals surface area contributed by atoms with Crippen molar-refractivity contribution < 1.29 is 0 Å². The van der Waals surface area contributed by atoms with Crippen molar-refractivity contribution in [1.29, 1.82) is 0 Å². The lowest BCUT2D eigenvalue weighted by Gasteiger charge is -2.11. The lowest BCUT2D eigenvalue weighted by molar-refractivity contribution is 0.513. The molecule has 0 aromatic heterocycles. The van der Waals surface area contributed by atoms with Crippen LogP contribution in [0, 0.1) is 11.8 Å². The Bertz CT molecular complexity index is 114. The quantitative estimate of drug-likeness (QED) is 0.585. The first-order chi connectivity index (χ1) is 4.85. The van der Waals surface area contributed by atoms with Gasteiger partial charge in [-0.2, -0.15) is 0 Å². The highest BCUT2D eigenvalue weighted by Gasteiger charge is 1.97. The van der Waals surface area contributed by atoms with Crippen molar-refractivity contribution in [3.63, 3.8) is 0 Å². The Hall–Kier alpha value is -0.480. The number of rotatable bonds is 4. The van der Waals surface area contributed by atoms with E-state index in [1.807, 2.05) is 6.92 Å². The smallest absolute Gasteiger partial charge is 0.0578 e. The van der Waals surface area contributed by atoms with Crippen molar-refractivity contribution in [3.8, 4) is 11.8 Å². The van der Waals surface area contributed by atoms with Gasteiger partial charge in [-0.25, -0.2) is 0 Å². The molecule has 0 heterocycles. The third-order valence-corrected chi connectivity index (χ3v) is 1.64. The van der Waals surface area contributed by atoms with E-state index < -0.39 is 0 Å². The lowest BCUT2D eigenvalue weighted by Crippen LogP contribution is -2.27. The second-order valence-electron chi connectivity index (χ2n) is 2.32. The molecule has 0 saturated carbocycles. The minimum atomic E-state index is 0.654. The summed E-state index contributed by atoms with van der Waals surface area (Å²) in [7, 11) is 0. The van der Waals surface area contributed by atoms with Crippen LogP contribution in [0.25, 0.3) is 0 Å². The van der Waals surface area contributed by atoms with Crippen molar-refractivity contribution in [2.45, 2.75) is 39.7 Å². The van der Waals surface area contributed by atoms with Crippen molar-refractivity contribution in [2.24, 2.45) is 0 Å². The predicted molar refractivity (Wildman–Crippen MR) is 45.8 cm³/mol. The van der Waals surface area contributed by atoms with Gasteiger partial charge in [0.05, 0.1) is 6.54 Å². The van der Waals surface area contributed by atoms with Crippen LogP contribution in [0.3, 0.4) is 0 Å². The number of hydrogen-bond donors (Lipinski definition) is 1. The van der Waals surface area contributed by atoms with Crippen LogP contribution in [-0.4, -0.2) is 12.6 Å². The van der Waals surface area contributed by atoms with Gasteiger partial charge in [0, 0.05) is 6.04 Å². The third-order valence-electron chi connectivity index (χ3n) is 1.64. The summed E-state index contributed by atoms with van der Waals surface area (Å²) < 4.78 is 0. The molecule has 0 bridgehead atoms. The van der Waals surface area contributed by atoms with Crippen LogP contribution in [0.15, 0.2) is 0 Å². The minimum absolute atomic E-state index is 0.654. The Labute approximate surface area is 64.2 Å². The van der Waals surface area contributed by atoms with Crippen molar-refractivity contribution in [1.82, 2.24) is 5.32 Å². The van der Waals surface area contributed by atoms with E-state index in [-0.39, 0.29) is 0 Å². The Kier molecular flexibility index (Phi) is 6.32. The van der Waals surface area contributed by atoms with E-state index in [1.165, 1.54) is 12.8 Å². The normalized spacial score (nSPS) is 9.20. The summed E-state index contributed by atoms with van der Waals surface area (Å²) >= 11 is 0. The first-order valence-electron chi connectivity index (χ1n) is 3.98. The fraction of sp³-hybridized carbons (Fsp3) is 0.778. The van der Waals surface area contributed by atoms with Gasteiger partial charge in [-0.3, -0.25) is 0 Å². The van der Waals surface area contributed by atoms with Gasteiger partial charge in [-0.05, 0) is 19.8 Å². The highest BCUT2D eigenvalue weighted by Crippen LogP contribution is 1.93. The maximum absolute atomic E-state index is 3.35. The van der Waals surface area contributed by atoms with Crippen LogP contribution >= 0.6 is 0 Å². The van der Waals surface area contributed by atoms with Crippen LogP contribution < -0.4 is 5.32 Å². The van der Waals surface area contributed by atoms with E-state index in [9.17, 15) is 0 Å². The fourth-order valence-corrected chi connectivity index (χ4v) is 0.861. The van der Waals surface area contributed by atoms with E-state index in [0.717, 1.165) is 6.54 Å². The van der Waals surface area contributed by atoms with Gasteiger partial charge in [0.1, 0.15) is 0 Å². The lowest BCUT2D eigenvalue weighted by atomic mass is 10.2. The van der Waals surface area contributed by atoms with Gasteiger partial charge in [-0.15, -0.1) is 5.92 Å². The third kappa shape index (κ3) is 4.40. The SMILES string of the molecule is CC#CCNC(CC)CC. The molecule has 0 aliphatic rings. The summed E-state index contributed by atoms with van der Waals surface area (Å²) in [6, 6.07) is 0.654. The molecule has 0 spiro atoms. The molecule has 10 heavy (non-hydrogen) atoms. The molecule has 0 aliphatic carbocycles. The van der Waals surface area contributed by atoms with Crippen LogP contribution in [-0.2, 0) is 0 Å². The topological polar surface area (TPSA) is 12.0 Å². The van der Waals surface area contributed by atoms with Gasteiger partial charge < -0.3 is 5.32 Å². The Morgan fingerprint density at radius 1 is 1.30 bits per heavy atom. The molecule has 0 unspecified atom stereocenters. The largest absolute Gasteiger partial charge is 0.303 e. The Morgan fingerprint density at radius 3 is 2.30 bits per heavy atom. The van der Waals surface area contributed by atoms with Gasteiger partial charge in [0.25, 0.3) is 0 Å². The number of hydrogen-bond acceptors (Lipinski definition) is 1. The second-order valence-corrected chi connectivity index (χ2v) is 2.32. The highest BCUT2D eigenvalue weighted by molar-refractivity contribution is 4.97. The Morgan fingerprint density at radius 2 is 1.90 bits per heavy atom. The highest BCUT2D eigenvalue weighted by atomic mass is 14.9. The van der Waals surface area contributed by atoms with Crippen LogP contribution in [0.2, 0.25) is 0 Å². The monoisotopic (exact) mass is 139 g/mol. The average Bonchev–Trinajstić information content (AvgIpc) is 1.99. The molecular formula is C9H17N. The van der Waals surface area contributed by atoms with Gasteiger partial charge in [0.2, 0.25) is 0 Å². The average molecular weight is 139 g/mol. The molecule has 58 valence electrons. The first-order valence-corrected chi connectivity index (χ1v) is 3.98. The summed E-state index contributed by atoms with van der Waals surface area (Å²) in [6.07, 6.45) is 2.39. The molecular weight excluding hydrogens is 122 g/mol. The van der Waals surface area contributed by atoms with Gasteiger partial charge in [0.15, 0.2) is 0 Å². The summed E-state index contributed by atoms with van der Waals surface area (Å²) in [4.78, 5) is 0. The zero-order chi connectivity index (χ0) is 7.82. The Balaban J connectivity index is 3.31. The van der Waals surface area contributed by atoms with E-state index in [4.69, 9.17) is 0 Å². The second kappa shape index (κ2) is 6.64. The molecule has 0 aliphatic heterocycles. The van der Waals surface area contributed by atoms with E-state index in [2.05, 4.69) is 31.0 Å². The molecule has 1 nitrogen and oxygen atoms in total. The molecule has 0 saturated heterocycles. The maximum Gasteiger partial charge on any atom is 0.0578 e. The van der Waals surface area contributed by atoms with Crippen molar-refractivity contribution in [2.75, 3.05) is 6.54 Å². The van der Waals surface area contributed by atoms with Gasteiger partial charge >= 0.3 is 0 Å². The van der Waals surface area contributed by atoms with E-state index in [1.54, 1.807) is 0 Å². The van der Waals surface area contributed by atoms with Crippen molar-refractivity contribution in [3.05, 3.63) is 0 Å². The van der Waals surface area contributed by atoms with Crippen LogP contribution in [0.1, 0.15) is 33.6 Å². The van der Waals surface area contributed by atoms with Gasteiger partial charge in [-0.1, -0.05) is 19.8 Å². The van der Waals surface area contributed by atoms with Crippen LogP contribution in [0.5, 0.6) is 0 Å². The minimum Gasteiger partial charge on any atom is -0.303 e. The summed E-state index contributed by atoms with van der Waals surface area (Å²) in [6.45, 7) is 7.10. The van der Waals surface area contributed by atoms with E-state index >= 15 is 0 Å². The zero-order valence-corrected chi connectivity index (χ0v) is 7.20. The fourth-order valence-electron chi connectivity index (χ4n) is 0.861. The number of nitrogens with one attached hydrogen (secondary N) is 1. The summed E-state index contributed by atoms with van der Waals surface area (Å²) in [5.74, 6) is 5.84. The predicted octanol–water partition coefficient (Wildman–Crippen LogP) is 1.79. The van der Waals surface area contributed by atoms with Crippen molar-refractivity contribution >= 4 is 0 Å². The molecule has 0 atom stereocenters. The molecule has 0 radical (unpaired) electrons. The molecule has 0 aromatic carbocycles. The molecule has 0 aromatic rings.